The molecule has 2 rings (SSSR count). The van der Waals surface area contributed by atoms with E-state index >= 15 is 0 Å². The number of benzene rings is 2. The normalized spacial score (nSPS) is 10.7. The summed E-state index contributed by atoms with van der Waals surface area (Å²) in [6, 6.07) is 10.9. The Hall–Kier alpha value is -2.33. The zero-order chi connectivity index (χ0) is 14.5. The van der Waals surface area contributed by atoms with Crippen LogP contribution in [0.5, 0.6) is 11.5 Å². The standard InChI is InChI=1S/C15H10ClFO3/c16-12-9-11(6-7-13(12)17)20-14-4-2-1-3-10(14)5-8-15(18)19/h1-9H,(H,18,19). The number of carbonyl (C=O) groups is 1. The van der Waals surface area contributed by atoms with E-state index in [9.17, 15) is 9.18 Å². The van der Waals surface area contributed by atoms with Crippen molar-refractivity contribution >= 4 is 23.6 Å². The van der Waals surface area contributed by atoms with Crippen LogP contribution in [-0.2, 0) is 4.79 Å². The molecule has 0 bridgehead atoms. The van der Waals surface area contributed by atoms with E-state index in [1.807, 2.05) is 0 Å². The van der Waals surface area contributed by atoms with E-state index in [1.165, 1.54) is 24.3 Å². The van der Waals surface area contributed by atoms with E-state index in [4.69, 9.17) is 21.4 Å². The third-order valence-electron chi connectivity index (χ3n) is 2.44. The second-order valence-corrected chi connectivity index (χ2v) is 4.29. The third kappa shape index (κ3) is 3.59. The van der Waals surface area contributed by atoms with Gasteiger partial charge in [0.05, 0.1) is 5.02 Å². The molecule has 2 aromatic carbocycles. The van der Waals surface area contributed by atoms with E-state index in [0.29, 0.717) is 17.1 Å². The first-order valence-electron chi connectivity index (χ1n) is 5.69. The van der Waals surface area contributed by atoms with Gasteiger partial charge in [-0.2, -0.15) is 0 Å². The van der Waals surface area contributed by atoms with Crippen molar-refractivity contribution in [1.29, 1.82) is 0 Å². The molecular weight excluding hydrogens is 283 g/mol. The van der Waals surface area contributed by atoms with E-state index in [-0.39, 0.29) is 5.02 Å². The summed E-state index contributed by atoms with van der Waals surface area (Å²) < 4.78 is 18.6. The van der Waals surface area contributed by atoms with Gasteiger partial charge in [-0.05, 0) is 24.3 Å². The zero-order valence-electron chi connectivity index (χ0n) is 10.2. The van der Waals surface area contributed by atoms with Crippen LogP contribution >= 0.6 is 11.6 Å². The van der Waals surface area contributed by atoms with Gasteiger partial charge in [-0.3, -0.25) is 0 Å². The van der Waals surface area contributed by atoms with E-state index < -0.39 is 11.8 Å². The molecule has 2 aromatic rings. The molecule has 0 saturated carbocycles. The summed E-state index contributed by atoms with van der Waals surface area (Å²) in [6.07, 6.45) is 2.43. The van der Waals surface area contributed by atoms with Crippen molar-refractivity contribution in [3.8, 4) is 11.5 Å². The molecule has 0 atom stereocenters. The fourth-order valence-electron chi connectivity index (χ4n) is 1.54. The summed E-state index contributed by atoms with van der Waals surface area (Å²) in [5.74, 6) is -0.761. The van der Waals surface area contributed by atoms with E-state index in [2.05, 4.69) is 0 Å². The molecule has 0 unspecified atom stereocenters. The zero-order valence-corrected chi connectivity index (χ0v) is 11.0. The molecular formula is C15H10ClFO3. The molecule has 0 aliphatic rings. The first-order valence-corrected chi connectivity index (χ1v) is 6.07. The number of para-hydroxylation sites is 1. The van der Waals surface area contributed by atoms with Crippen molar-refractivity contribution in [1.82, 2.24) is 0 Å². The minimum Gasteiger partial charge on any atom is -0.478 e. The Morgan fingerprint density at radius 1 is 1.25 bits per heavy atom. The van der Waals surface area contributed by atoms with Gasteiger partial charge in [-0.25, -0.2) is 9.18 Å². The Bertz CT molecular complexity index is 668. The largest absolute Gasteiger partial charge is 0.478 e. The van der Waals surface area contributed by atoms with E-state index in [0.717, 1.165) is 6.08 Å². The number of carboxylic acids is 1. The van der Waals surface area contributed by atoms with Crippen LogP contribution in [0.1, 0.15) is 5.56 Å². The van der Waals surface area contributed by atoms with Crippen LogP contribution in [0.15, 0.2) is 48.5 Å². The highest BCUT2D eigenvalue weighted by molar-refractivity contribution is 6.30. The molecule has 0 aliphatic heterocycles. The minimum absolute atomic E-state index is 0.0407. The topological polar surface area (TPSA) is 46.5 Å². The second kappa shape index (κ2) is 6.21. The van der Waals surface area contributed by atoms with Crippen LogP contribution in [0.2, 0.25) is 5.02 Å². The lowest BCUT2D eigenvalue weighted by Crippen LogP contribution is -1.90. The lowest BCUT2D eigenvalue weighted by Gasteiger charge is -2.09. The maximum absolute atomic E-state index is 13.1. The number of aliphatic carboxylic acids is 1. The number of hydrogen-bond donors (Lipinski definition) is 1. The van der Waals surface area contributed by atoms with Crippen LogP contribution in [0.4, 0.5) is 4.39 Å². The summed E-state index contributed by atoms with van der Waals surface area (Å²) in [7, 11) is 0. The van der Waals surface area contributed by atoms with Gasteiger partial charge in [0.15, 0.2) is 0 Å². The van der Waals surface area contributed by atoms with E-state index in [1.54, 1.807) is 24.3 Å². The highest BCUT2D eigenvalue weighted by atomic mass is 35.5. The van der Waals surface area contributed by atoms with Gasteiger partial charge in [0.1, 0.15) is 17.3 Å². The van der Waals surface area contributed by atoms with Gasteiger partial charge >= 0.3 is 5.97 Å². The summed E-state index contributed by atoms with van der Waals surface area (Å²) >= 11 is 5.68. The van der Waals surface area contributed by atoms with Crippen molar-refractivity contribution in [3.05, 3.63) is 64.9 Å². The summed E-state index contributed by atoms with van der Waals surface area (Å²) in [4.78, 5) is 10.5. The monoisotopic (exact) mass is 292 g/mol. The average molecular weight is 293 g/mol. The minimum atomic E-state index is -1.05. The van der Waals surface area contributed by atoms with Crippen LogP contribution in [0, 0.1) is 5.82 Å². The Labute approximate surface area is 119 Å². The van der Waals surface area contributed by atoms with Crippen molar-refractivity contribution in [2.45, 2.75) is 0 Å². The predicted molar refractivity (Wildman–Crippen MR) is 74.6 cm³/mol. The molecule has 20 heavy (non-hydrogen) atoms. The number of ether oxygens (including phenoxy) is 1. The maximum Gasteiger partial charge on any atom is 0.328 e. The molecule has 0 amide bonds. The highest BCUT2D eigenvalue weighted by Gasteiger charge is 2.05. The number of halogens is 2. The molecule has 5 heteroatoms. The fourth-order valence-corrected chi connectivity index (χ4v) is 1.71. The predicted octanol–water partition coefficient (Wildman–Crippen LogP) is 4.37. The number of carboxylic acid groups (broad SMARTS) is 1. The molecule has 0 radical (unpaired) electrons. The van der Waals surface area contributed by atoms with Gasteiger partial charge in [0.25, 0.3) is 0 Å². The smallest absolute Gasteiger partial charge is 0.328 e. The van der Waals surface area contributed by atoms with Gasteiger partial charge in [-0.15, -0.1) is 0 Å². The van der Waals surface area contributed by atoms with Crippen molar-refractivity contribution in [3.63, 3.8) is 0 Å². The first-order chi connectivity index (χ1) is 9.56. The molecule has 0 aromatic heterocycles. The molecule has 3 nitrogen and oxygen atoms in total. The average Bonchev–Trinajstić information content (AvgIpc) is 2.42. The second-order valence-electron chi connectivity index (χ2n) is 3.89. The van der Waals surface area contributed by atoms with Crippen LogP contribution < -0.4 is 4.74 Å². The van der Waals surface area contributed by atoms with Crippen molar-refractivity contribution < 1.29 is 19.0 Å². The Morgan fingerprint density at radius 3 is 2.70 bits per heavy atom. The maximum atomic E-state index is 13.1. The lowest BCUT2D eigenvalue weighted by atomic mass is 10.2. The van der Waals surface area contributed by atoms with Crippen LogP contribution in [0.3, 0.4) is 0 Å². The molecule has 0 saturated heterocycles. The Morgan fingerprint density at radius 2 is 2.00 bits per heavy atom. The molecule has 0 spiro atoms. The first kappa shape index (κ1) is 14.1. The van der Waals surface area contributed by atoms with Gasteiger partial charge in [0, 0.05) is 17.7 Å². The number of hydrogen-bond acceptors (Lipinski definition) is 2. The summed E-state index contributed by atoms with van der Waals surface area (Å²) in [6.45, 7) is 0. The number of rotatable bonds is 4. The summed E-state index contributed by atoms with van der Waals surface area (Å²) in [5.41, 5.74) is 0.593. The fraction of sp³-hybridized carbons (Fsp3) is 0. The molecule has 0 aliphatic carbocycles. The molecule has 0 fully saturated rings. The highest BCUT2D eigenvalue weighted by Crippen LogP contribution is 2.29. The van der Waals surface area contributed by atoms with Gasteiger partial charge in [0.2, 0.25) is 0 Å². The lowest BCUT2D eigenvalue weighted by molar-refractivity contribution is -0.131. The Kier molecular flexibility index (Phi) is 4.38. The SMILES string of the molecule is O=C(O)C=Cc1ccccc1Oc1ccc(F)c(Cl)c1. The van der Waals surface area contributed by atoms with Gasteiger partial charge < -0.3 is 9.84 Å². The quantitative estimate of drug-likeness (QED) is 0.851. The Balaban J connectivity index is 2.29. The third-order valence-corrected chi connectivity index (χ3v) is 2.73. The molecule has 102 valence electrons. The molecule has 0 heterocycles. The van der Waals surface area contributed by atoms with Crippen molar-refractivity contribution in [2.24, 2.45) is 0 Å². The van der Waals surface area contributed by atoms with Crippen molar-refractivity contribution in [2.75, 3.05) is 0 Å². The molecule has 1 N–H and O–H groups in total. The van der Waals surface area contributed by atoms with Crippen LogP contribution in [-0.4, -0.2) is 11.1 Å². The van der Waals surface area contributed by atoms with Crippen LogP contribution in [0.25, 0.3) is 6.08 Å². The van der Waals surface area contributed by atoms with Gasteiger partial charge in [-0.1, -0.05) is 29.8 Å². The summed E-state index contributed by atoms with van der Waals surface area (Å²) in [5, 5.41) is 8.59.